The van der Waals surface area contributed by atoms with Gasteiger partial charge in [-0.1, -0.05) is 13.8 Å². The molecular weight excluding hydrogens is 154 g/mol. The zero-order chi connectivity index (χ0) is 9.40. The van der Waals surface area contributed by atoms with E-state index in [1.807, 2.05) is 0 Å². The lowest BCUT2D eigenvalue weighted by atomic mass is 10.1. The molecule has 0 heterocycles. The minimum absolute atomic E-state index is 0.00415. The van der Waals surface area contributed by atoms with Gasteiger partial charge < -0.3 is 15.6 Å². The molecule has 0 saturated carbocycles. The Balaban J connectivity index is 3.00. The highest BCUT2D eigenvalue weighted by Crippen LogP contribution is 2.02. The van der Waals surface area contributed by atoms with Gasteiger partial charge in [-0.15, -0.1) is 0 Å². The third kappa shape index (κ3) is 7.98. The van der Waals surface area contributed by atoms with Crippen molar-refractivity contribution in [2.24, 2.45) is 11.7 Å². The summed E-state index contributed by atoms with van der Waals surface area (Å²) >= 11 is 0. The van der Waals surface area contributed by atoms with Gasteiger partial charge in [0.05, 0.1) is 19.3 Å². The molecule has 0 aromatic carbocycles. The van der Waals surface area contributed by atoms with Crippen molar-refractivity contribution < 1.29 is 9.84 Å². The van der Waals surface area contributed by atoms with E-state index >= 15 is 0 Å². The Labute approximate surface area is 74.9 Å². The fraction of sp³-hybridized carbons (Fsp3) is 1.00. The Bertz CT molecular complexity index is 96.5. The Hall–Kier alpha value is -0.120. The third-order valence-corrected chi connectivity index (χ3v) is 1.64. The minimum Gasteiger partial charge on any atom is -0.395 e. The molecule has 0 aromatic rings. The number of rotatable bonds is 7. The second kappa shape index (κ2) is 7.53. The molecule has 0 aliphatic carbocycles. The van der Waals surface area contributed by atoms with Crippen LogP contribution in [-0.2, 0) is 4.74 Å². The van der Waals surface area contributed by atoms with Crippen LogP contribution in [0.5, 0.6) is 0 Å². The quantitative estimate of drug-likeness (QED) is 0.562. The SMILES string of the molecule is CC(C)CCCOCC(N)CO. The second-order valence-electron chi connectivity index (χ2n) is 3.55. The molecule has 3 N–H and O–H groups in total. The molecule has 1 atom stereocenters. The maximum absolute atomic E-state index is 8.57. The number of nitrogens with two attached hydrogens (primary N) is 1. The van der Waals surface area contributed by atoms with Crippen molar-refractivity contribution in [3.05, 3.63) is 0 Å². The Morgan fingerprint density at radius 3 is 2.58 bits per heavy atom. The van der Waals surface area contributed by atoms with Gasteiger partial charge in [0.15, 0.2) is 0 Å². The van der Waals surface area contributed by atoms with Crippen molar-refractivity contribution in [2.75, 3.05) is 19.8 Å². The van der Waals surface area contributed by atoms with E-state index in [1.54, 1.807) is 0 Å². The van der Waals surface area contributed by atoms with Crippen LogP contribution in [0.15, 0.2) is 0 Å². The standard InChI is InChI=1S/C9H21NO2/c1-8(2)4-3-5-12-7-9(10)6-11/h8-9,11H,3-7,10H2,1-2H3. The molecule has 12 heavy (non-hydrogen) atoms. The molecule has 3 nitrogen and oxygen atoms in total. The molecule has 0 fully saturated rings. The summed E-state index contributed by atoms with van der Waals surface area (Å²) in [5.41, 5.74) is 5.44. The van der Waals surface area contributed by atoms with E-state index in [4.69, 9.17) is 15.6 Å². The molecule has 0 radical (unpaired) electrons. The van der Waals surface area contributed by atoms with Crippen LogP contribution in [0.4, 0.5) is 0 Å². The van der Waals surface area contributed by atoms with Gasteiger partial charge in [0, 0.05) is 6.61 Å². The van der Waals surface area contributed by atoms with Crippen LogP contribution in [0.25, 0.3) is 0 Å². The second-order valence-corrected chi connectivity index (χ2v) is 3.55. The number of hydrogen-bond donors (Lipinski definition) is 2. The summed E-state index contributed by atoms with van der Waals surface area (Å²) in [6.07, 6.45) is 2.27. The van der Waals surface area contributed by atoms with Crippen LogP contribution in [0.1, 0.15) is 26.7 Å². The van der Waals surface area contributed by atoms with Crippen LogP contribution < -0.4 is 5.73 Å². The highest BCUT2D eigenvalue weighted by atomic mass is 16.5. The number of hydrogen-bond acceptors (Lipinski definition) is 3. The minimum atomic E-state index is -0.218. The highest BCUT2D eigenvalue weighted by molar-refractivity contribution is 4.55. The molecule has 3 heteroatoms. The highest BCUT2D eigenvalue weighted by Gasteiger charge is 1.99. The van der Waals surface area contributed by atoms with E-state index in [0.29, 0.717) is 6.61 Å². The van der Waals surface area contributed by atoms with Gasteiger partial charge in [-0.3, -0.25) is 0 Å². The third-order valence-electron chi connectivity index (χ3n) is 1.64. The molecule has 0 saturated heterocycles. The van der Waals surface area contributed by atoms with Crippen molar-refractivity contribution in [2.45, 2.75) is 32.7 Å². The number of aliphatic hydroxyl groups is 1. The van der Waals surface area contributed by atoms with Gasteiger partial charge in [-0.25, -0.2) is 0 Å². The average Bonchev–Trinajstić information content (AvgIpc) is 2.03. The summed E-state index contributed by atoms with van der Waals surface area (Å²) in [7, 11) is 0. The van der Waals surface area contributed by atoms with Crippen molar-refractivity contribution in [3.63, 3.8) is 0 Å². The molecule has 1 unspecified atom stereocenters. The Morgan fingerprint density at radius 2 is 2.08 bits per heavy atom. The van der Waals surface area contributed by atoms with E-state index in [9.17, 15) is 0 Å². The Kier molecular flexibility index (Phi) is 7.45. The molecule has 0 bridgehead atoms. The number of aliphatic hydroxyl groups excluding tert-OH is 1. The average molecular weight is 175 g/mol. The van der Waals surface area contributed by atoms with Crippen LogP contribution in [0, 0.1) is 5.92 Å². The first-order valence-corrected chi connectivity index (χ1v) is 4.61. The van der Waals surface area contributed by atoms with E-state index in [2.05, 4.69) is 13.8 Å². The lowest BCUT2D eigenvalue weighted by Gasteiger charge is -2.09. The van der Waals surface area contributed by atoms with Crippen LogP contribution in [0.2, 0.25) is 0 Å². The molecule has 0 aromatic heterocycles. The number of ether oxygens (including phenoxy) is 1. The van der Waals surface area contributed by atoms with Gasteiger partial charge in [0.25, 0.3) is 0 Å². The zero-order valence-corrected chi connectivity index (χ0v) is 8.12. The molecule has 0 rings (SSSR count). The predicted molar refractivity (Wildman–Crippen MR) is 50.0 cm³/mol. The van der Waals surface area contributed by atoms with Gasteiger partial charge >= 0.3 is 0 Å². The summed E-state index contributed by atoms with van der Waals surface area (Å²) in [4.78, 5) is 0. The zero-order valence-electron chi connectivity index (χ0n) is 8.12. The van der Waals surface area contributed by atoms with Crippen LogP contribution >= 0.6 is 0 Å². The van der Waals surface area contributed by atoms with Gasteiger partial charge in [0.2, 0.25) is 0 Å². The normalized spacial score (nSPS) is 13.8. The first-order valence-electron chi connectivity index (χ1n) is 4.61. The maximum atomic E-state index is 8.57. The molecule has 0 aliphatic rings. The molecule has 74 valence electrons. The first-order chi connectivity index (χ1) is 5.66. The van der Waals surface area contributed by atoms with E-state index in [1.165, 1.54) is 6.42 Å². The molecule has 0 aliphatic heterocycles. The fourth-order valence-corrected chi connectivity index (χ4v) is 0.881. The lowest BCUT2D eigenvalue weighted by Crippen LogP contribution is -2.30. The van der Waals surface area contributed by atoms with Crippen LogP contribution in [0.3, 0.4) is 0 Å². The van der Waals surface area contributed by atoms with E-state index in [-0.39, 0.29) is 12.6 Å². The van der Waals surface area contributed by atoms with Gasteiger partial charge in [-0.2, -0.15) is 0 Å². The van der Waals surface area contributed by atoms with Crippen molar-refractivity contribution in [1.29, 1.82) is 0 Å². The van der Waals surface area contributed by atoms with Gasteiger partial charge in [0.1, 0.15) is 0 Å². The van der Waals surface area contributed by atoms with Gasteiger partial charge in [-0.05, 0) is 18.8 Å². The largest absolute Gasteiger partial charge is 0.395 e. The summed E-state index contributed by atoms with van der Waals surface area (Å²) in [5.74, 6) is 0.736. The molecule has 0 spiro atoms. The smallest absolute Gasteiger partial charge is 0.0639 e. The Morgan fingerprint density at radius 1 is 1.42 bits per heavy atom. The monoisotopic (exact) mass is 175 g/mol. The summed E-state index contributed by atoms with van der Waals surface area (Å²) in [6.45, 7) is 5.61. The van der Waals surface area contributed by atoms with Crippen LogP contribution in [-0.4, -0.2) is 31.0 Å². The summed E-state index contributed by atoms with van der Waals surface area (Å²) < 4.78 is 5.25. The van der Waals surface area contributed by atoms with Crippen molar-refractivity contribution in [1.82, 2.24) is 0 Å². The lowest BCUT2D eigenvalue weighted by molar-refractivity contribution is 0.0967. The molecule has 0 amide bonds. The van der Waals surface area contributed by atoms with E-state index < -0.39 is 0 Å². The summed E-state index contributed by atoms with van der Waals surface area (Å²) in [5, 5.41) is 8.57. The van der Waals surface area contributed by atoms with Crippen molar-refractivity contribution >= 4 is 0 Å². The predicted octanol–water partition coefficient (Wildman–Crippen LogP) is 0.759. The van der Waals surface area contributed by atoms with E-state index in [0.717, 1.165) is 18.9 Å². The molecular formula is C9H21NO2. The first kappa shape index (κ1) is 11.9. The topological polar surface area (TPSA) is 55.5 Å². The maximum Gasteiger partial charge on any atom is 0.0639 e. The summed E-state index contributed by atoms with van der Waals surface area (Å²) in [6, 6.07) is -0.218. The van der Waals surface area contributed by atoms with Crippen molar-refractivity contribution in [3.8, 4) is 0 Å². The fourth-order valence-electron chi connectivity index (χ4n) is 0.881.